The van der Waals surface area contributed by atoms with E-state index in [1.807, 2.05) is 6.20 Å². The number of aromatic nitrogens is 2. The van der Waals surface area contributed by atoms with Crippen molar-refractivity contribution in [2.24, 2.45) is 0 Å². The third-order valence-corrected chi connectivity index (χ3v) is 6.78. The molecule has 1 aliphatic rings. The number of ether oxygens (including phenoxy) is 1. The molecule has 3 heterocycles. The van der Waals surface area contributed by atoms with E-state index in [-0.39, 0.29) is 0 Å². The molecule has 0 aliphatic carbocycles. The van der Waals surface area contributed by atoms with E-state index < -0.39 is 0 Å². The molecule has 30 heavy (non-hydrogen) atoms. The van der Waals surface area contributed by atoms with E-state index in [4.69, 9.17) is 13.9 Å². The number of methoxy groups -OCH3 is 1. The average Bonchev–Trinajstić information content (AvgIpc) is 3.39. The van der Waals surface area contributed by atoms with Gasteiger partial charge in [-0.05, 0) is 47.8 Å². The highest BCUT2D eigenvalue weighted by Gasteiger charge is 2.20. The Morgan fingerprint density at radius 2 is 1.83 bits per heavy atom. The molecule has 0 atom stereocenters. The van der Waals surface area contributed by atoms with Crippen molar-refractivity contribution in [2.45, 2.75) is 6.42 Å². The molecule has 0 saturated carbocycles. The molecule has 2 aromatic heterocycles. The molecular weight excluding hydrogens is 396 g/mol. The van der Waals surface area contributed by atoms with E-state index in [0.29, 0.717) is 0 Å². The first kappa shape index (κ1) is 19.2. The molecule has 1 saturated heterocycles. The van der Waals surface area contributed by atoms with Crippen LogP contribution in [0.1, 0.15) is 5.56 Å². The largest absolute Gasteiger partial charge is 0.494 e. The maximum atomic E-state index is 5.52. The van der Waals surface area contributed by atoms with Gasteiger partial charge < -0.3 is 14.5 Å². The van der Waals surface area contributed by atoms with Gasteiger partial charge in [0.25, 0.3) is 0 Å². The summed E-state index contributed by atoms with van der Waals surface area (Å²) in [4.78, 5) is 10.4. The minimum absolute atomic E-state index is 0.845. The van der Waals surface area contributed by atoms with Crippen LogP contribution in [0.4, 0.5) is 5.82 Å². The van der Waals surface area contributed by atoms with Crippen molar-refractivity contribution in [1.82, 2.24) is 14.0 Å². The SMILES string of the molecule is COc1cn(OC)c2ccc(CCN3CCN(c4nsc5ccccc45)CC3)cc12. The lowest BCUT2D eigenvalue weighted by Gasteiger charge is -2.35. The molecule has 7 heteroatoms. The maximum Gasteiger partial charge on any atom is 0.150 e. The maximum absolute atomic E-state index is 5.52. The quantitative estimate of drug-likeness (QED) is 0.474. The van der Waals surface area contributed by atoms with Crippen LogP contribution in [-0.2, 0) is 6.42 Å². The third kappa shape index (κ3) is 3.48. The van der Waals surface area contributed by atoms with Gasteiger partial charge in [0.05, 0.1) is 23.5 Å². The van der Waals surface area contributed by atoms with Crippen LogP contribution in [0.25, 0.3) is 21.0 Å². The molecule has 1 fully saturated rings. The topological polar surface area (TPSA) is 42.8 Å². The molecule has 0 bridgehead atoms. The first-order valence-electron chi connectivity index (χ1n) is 10.3. The highest BCUT2D eigenvalue weighted by molar-refractivity contribution is 7.13. The highest BCUT2D eigenvalue weighted by Crippen LogP contribution is 2.30. The highest BCUT2D eigenvalue weighted by atomic mass is 32.1. The van der Waals surface area contributed by atoms with Gasteiger partial charge in [-0.15, -0.1) is 0 Å². The molecule has 2 aromatic carbocycles. The molecule has 0 amide bonds. The van der Waals surface area contributed by atoms with Crippen LogP contribution in [0, 0.1) is 0 Å². The fourth-order valence-corrected chi connectivity index (χ4v) is 5.05. The fourth-order valence-electron chi connectivity index (χ4n) is 4.26. The first-order chi connectivity index (χ1) is 14.8. The van der Waals surface area contributed by atoms with Gasteiger partial charge in [0.1, 0.15) is 18.7 Å². The molecule has 0 N–H and O–H groups in total. The van der Waals surface area contributed by atoms with E-state index in [1.54, 1.807) is 30.5 Å². The van der Waals surface area contributed by atoms with Gasteiger partial charge in [-0.3, -0.25) is 4.90 Å². The summed E-state index contributed by atoms with van der Waals surface area (Å²) in [7, 11) is 3.37. The zero-order valence-electron chi connectivity index (χ0n) is 17.4. The van der Waals surface area contributed by atoms with Crippen LogP contribution in [0.2, 0.25) is 0 Å². The van der Waals surface area contributed by atoms with Gasteiger partial charge in [0.2, 0.25) is 0 Å². The molecule has 0 spiro atoms. The van der Waals surface area contributed by atoms with Gasteiger partial charge >= 0.3 is 0 Å². The van der Waals surface area contributed by atoms with Gasteiger partial charge in [-0.2, -0.15) is 9.10 Å². The second-order valence-corrected chi connectivity index (χ2v) is 8.44. The Bertz CT molecular complexity index is 1160. The van der Waals surface area contributed by atoms with Gasteiger partial charge in [-0.25, -0.2) is 0 Å². The molecular formula is C23H26N4O2S. The second-order valence-electron chi connectivity index (χ2n) is 7.64. The standard InChI is InChI=1S/C23H26N4O2S/c1-28-21-16-27(29-2)20-8-7-17(15-19(20)21)9-10-25-11-13-26(14-12-25)23-18-5-3-4-6-22(18)30-24-23/h3-8,15-16H,9-14H2,1-2H3. The zero-order valence-corrected chi connectivity index (χ0v) is 18.2. The van der Waals surface area contributed by atoms with Crippen molar-refractivity contribution in [3.05, 3.63) is 54.2 Å². The Morgan fingerprint density at radius 1 is 1.00 bits per heavy atom. The summed E-state index contributed by atoms with van der Waals surface area (Å²) >= 11 is 1.60. The van der Waals surface area contributed by atoms with E-state index in [0.717, 1.165) is 61.6 Å². The molecule has 0 radical (unpaired) electrons. The Balaban J connectivity index is 1.22. The van der Waals surface area contributed by atoms with Crippen molar-refractivity contribution in [1.29, 1.82) is 0 Å². The zero-order chi connectivity index (χ0) is 20.5. The first-order valence-corrected chi connectivity index (χ1v) is 11.1. The molecule has 4 aromatic rings. The van der Waals surface area contributed by atoms with Crippen molar-refractivity contribution in [3.63, 3.8) is 0 Å². The van der Waals surface area contributed by atoms with Crippen molar-refractivity contribution >= 4 is 38.3 Å². The molecule has 5 rings (SSSR count). The summed E-state index contributed by atoms with van der Waals surface area (Å²) in [5.74, 6) is 1.99. The number of piperazine rings is 1. The van der Waals surface area contributed by atoms with Crippen LogP contribution in [0.15, 0.2) is 48.7 Å². The predicted molar refractivity (Wildman–Crippen MR) is 123 cm³/mol. The molecule has 0 unspecified atom stereocenters. The number of anilines is 1. The molecule has 1 aliphatic heterocycles. The number of benzene rings is 2. The van der Waals surface area contributed by atoms with Crippen molar-refractivity contribution < 1.29 is 9.57 Å². The van der Waals surface area contributed by atoms with Crippen molar-refractivity contribution in [3.8, 4) is 5.75 Å². The van der Waals surface area contributed by atoms with Gasteiger partial charge in [-0.1, -0.05) is 18.2 Å². The number of rotatable bonds is 6. The van der Waals surface area contributed by atoms with Crippen LogP contribution in [-0.4, -0.2) is 60.9 Å². The summed E-state index contributed by atoms with van der Waals surface area (Å²) in [6, 6.07) is 15.0. The van der Waals surface area contributed by atoms with Crippen LogP contribution in [0.3, 0.4) is 0 Å². The van der Waals surface area contributed by atoms with E-state index in [9.17, 15) is 0 Å². The molecule has 156 valence electrons. The number of hydrogen-bond acceptors (Lipinski definition) is 6. The summed E-state index contributed by atoms with van der Waals surface area (Å²) in [6.45, 7) is 5.24. The van der Waals surface area contributed by atoms with E-state index >= 15 is 0 Å². The van der Waals surface area contributed by atoms with E-state index in [2.05, 4.69) is 52.3 Å². The predicted octanol–water partition coefficient (Wildman–Crippen LogP) is 3.68. The van der Waals surface area contributed by atoms with Crippen molar-refractivity contribution in [2.75, 3.05) is 51.8 Å². The Labute approximate surface area is 180 Å². The normalized spacial score (nSPS) is 15.2. The fraction of sp³-hybridized carbons (Fsp3) is 0.348. The lowest BCUT2D eigenvalue weighted by molar-refractivity contribution is 0.177. The summed E-state index contributed by atoms with van der Waals surface area (Å²) in [6.07, 6.45) is 2.91. The second kappa shape index (κ2) is 8.16. The van der Waals surface area contributed by atoms with Gasteiger partial charge in [0.15, 0.2) is 0 Å². The monoisotopic (exact) mass is 422 g/mol. The third-order valence-electron chi connectivity index (χ3n) is 5.96. The number of fused-ring (bicyclic) bond motifs is 2. The Kier molecular flexibility index (Phi) is 5.23. The van der Waals surface area contributed by atoms with Crippen LogP contribution >= 0.6 is 11.5 Å². The number of nitrogens with zero attached hydrogens (tertiary/aromatic N) is 4. The average molecular weight is 423 g/mol. The Morgan fingerprint density at radius 3 is 2.63 bits per heavy atom. The minimum Gasteiger partial charge on any atom is -0.494 e. The molecule has 6 nitrogen and oxygen atoms in total. The van der Waals surface area contributed by atoms with Crippen LogP contribution < -0.4 is 14.5 Å². The summed E-state index contributed by atoms with van der Waals surface area (Å²) in [5.41, 5.74) is 2.35. The van der Waals surface area contributed by atoms with Crippen LogP contribution in [0.5, 0.6) is 5.75 Å². The lowest BCUT2D eigenvalue weighted by atomic mass is 10.1. The van der Waals surface area contributed by atoms with Gasteiger partial charge in [0, 0.05) is 43.5 Å². The van der Waals surface area contributed by atoms with E-state index in [1.165, 1.54) is 15.6 Å². The number of hydrogen-bond donors (Lipinski definition) is 0. The summed E-state index contributed by atoms with van der Waals surface area (Å²) in [5, 5.41) is 2.37. The smallest absolute Gasteiger partial charge is 0.150 e. The Hall–Kier alpha value is -2.77. The minimum atomic E-state index is 0.845. The lowest BCUT2D eigenvalue weighted by Crippen LogP contribution is -2.47. The summed E-state index contributed by atoms with van der Waals surface area (Å²) < 4.78 is 13.2.